The summed E-state index contributed by atoms with van der Waals surface area (Å²) in [6.45, 7) is 8.03. The standard InChI is InChI=1S/C18H23BF2O2/c1-16(2)17(3,4)23-19(22-16)14-8-12(11-5-6-11)7-13(9-14)15-10-18(15,20)21/h7-9,11,15H,5-6,10H2,1-4H3. The Morgan fingerprint density at radius 2 is 1.48 bits per heavy atom. The van der Waals surface area contributed by atoms with Crippen LogP contribution in [0.1, 0.15) is 69.9 Å². The molecule has 3 aliphatic rings. The molecule has 0 amide bonds. The van der Waals surface area contributed by atoms with Crippen LogP contribution in [0.3, 0.4) is 0 Å². The van der Waals surface area contributed by atoms with E-state index in [1.807, 2.05) is 39.8 Å². The van der Waals surface area contributed by atoms with Crippen molar-refractivity contribution in [2.75, 3.05) is 0 Å². The maximum atomic E-state index is 13.5. The third-order valence-electron chi connectivity index (χ3n) is 5.80. The fourth-order valence-corrected chi connectivity index (χ4v) is 3.25. The zero-order valence-corrected chi connectivity index (χ0v) is 14.2. The third-order valence-corrected chi connectivity index (χ3v) is 5.80. The zero-order chi connectivity index (χ0) is 16.6. The van der Waals surface area contributed by atoms with Crippen LogP contribution in [0.5, 0.6) is 0 Å². The smallest absolute Gasteiger partial charge is 0.399 e. The molecule has 1 heterocycles. The Hall–Kier alpha value is -0.935. The first-order chi connectivity index (χ1) is 10.6. The highest BCUT2D eigenvalue weighted by Crippen LogP contribution is 2.56. The normalized spacial score (nSPS) is 30.5. The summed E-state index contributed by atoms with van der Waals surface area (Å²) in [5, 5.41) is 0. The number of hydrogen-bond donors (Lipinski definition) is 0. The highest BCUT2D eigenvalue weighted by atomic mass is 19.3. The summed E-state index contributed by atoms with van der Waals surface area (Å²) < 4.78 is 39.3. The van der Waals surface area contributed by atoms with Crippen LogP contribution in [-0.2, 0) is 9.31 Å². The van der Waals surface area contributed by atoms with Gasteiger partial charge in [0.2, 0.25) is 0 Å². The predicted molar refractivity (Wildman–Crippen MR) is 86.4 cm³/mol. The number of benzene rings is 1. The van der Waals surface area contributed by atoms with Crippen molar-refractivity contribution in [3.05, 3.63) is 29.3 Å². The van der Waals surface area contributed by atoms with E-state index in [-0.39, 0.29) is 6.42 Å². The lowest BCUT2D eigenvalue weighted by Crippen LogP contribution is -2.41. The second kappa shape index (κ2) is 4.57. The average Bonchev–Trinajstić information content (AvgIpc) is 3.32. The number of alkyl halides is 2. The molecule has 5 heteroatoms. The maximum absolute atomic E-state index is 13.5. The van der Waals surface area contributed by atoms with Gasteiger partial charge in [0.25, 0.3) is 5.92 Å². The van der Waals surface area contributed by atoms with Gasteiger partial charge >= 0.3 is 7.12 Å². The van der Waals surface area contributed by atoms with Crippen molar-refractivity contribution in [2.45, 2.75) is 75.9 Å². The van der Waals surface area contributed by atoms with E-state index in [0.29, 0.717) is 5.92 Å². The van der Waals surface area contributed by atoms with E-state index in [9.17, 15) is 8.78 Å². The molecule has 2 saturated carbocycles. The number of halogens is 2. The Labute approximate surface area is 136 Å². The van der Waals surface area contributed by atoms with E-state index >= 15 is 0 Å². The number of rotatable bonds is 3. The lowest BCUT2D eigenvalue weighted by Gasteiger charge is -2.32. The second-order valence-electron chi connectivity index (χ2n) is 8.31. The Morgan fingerprint density at radius 1 is 0.957 bits per heavy atom. The molecule has 124 valence electrons. The average molecular weight is 320 g/mol. The molecule has 0 bridgehead atoms. The van der Waals surface area contributed by atoms with Gasteiger partial charge in [-0.25, -0.2) is 8.78 Å². The molecular formula is C18H23BF2O2. The van der Waals surface area contributed by atoms with E-state index in [2.05, 4.69) is 6.07 Å². The van der Waals surface area contributed by atoms with Crippen molar-refractivity contribution >= 4 is 12.6 Å². The minimum absolute atomic E-state index is 0.0378. The van der Waals surface area contributed by atoms with Gasteiger partial charge in [0, 0.05) is 6.42 Å². The first-order valence-corrected chi connectivity index (χ1v) is 8.47. The van der Waals surface area contributed by atoms with Gasteiger partial charge in [0.1, 0.15) is 0 Å². The molecule has 23 heavy (non-hydrogen) atoms. The first-order valence-electron chi connectivity index (χ1n) is 8.47. The van der Waals surface area contributed by atoms with Gasteiger partial charge in [-0.15, -0.1) is 0 Å². The summed E-state index contributed by atoms with van der Waals surface area (Å²) >= 11 is 0. The monoisotopic (exact) mass is 320 g/mol. The molecule has 0 radical (unpaired) electrons. The Kier molecular flexibility index (Phi) is 3.10. The van der Waals surface area contributed by atoms with Crippen LogP contribution in [0.15, 0.2) is 18.2 Å². The molecule has 0 N–H and O–H groups in total. The maximum Gasteiger partial charge on any atom is 0.494 e. The summed E-state index contributed by atoms with van der Waals surface area (Å²) in [6, 6.07) is 5.92. The highest BCUT2D eigenvalue weighted by Gasteiger charge is 2.58. The molecule has 1 aliphatic heterocycles. The lowest BCUT2D eigenvalue weighted by molar-refractivity contribution is 0.00578. The van der Waals surface area contributed by atoms with Gasteiger partial charge in [0.15, 0.2) is 0 Å². The molecule has 1 saturated heterocycles. The van der Waals surface area contributed by atoms with E-state index in [0.717, 1.165) is 29.4 Å². The van der Waals surface area contributed by atoms with Gasteiger partial charge in [-0.2, -0.15) is 0 Å². The first kappa shape index (κ1) is 15.6. The molecule has 1 unspecified atom stereocenters. The highest BCUT2D eigenvalue weighted by molar-refractivity contribution is 6.62. The molecule has 3 fully saturated rings. The summed E-state index contributed by atoms with van der Waals surface area (Å²) in [5.74, 6) is -2.67. The topological polar surface area (TPSA) is 18.5 Å². The summed E-state index contributed by atoms with van der Waals surface area (Å²) in [7, 11) is -0.482. The van der Waals surface area contributed by atoms with Crippen LogP contribution in [0.4, 0.5) is 8.78 Å². The molecule has 2 nitrogen and oxygen atoms in total. The van der Waals surface area contributed by atoms with Crippen molar-refractivity contribution < 1.29 is 18.1 Å². The third kappa shape index (κ3) is 2.62. The van der Waals surface area contributed by atoms with Gasteiger partial charge in [0.05, 0.1) is 17.1 Å². The van der Waals surface area contributed by atoms with Gasteiger partial charge in [-0.05, 0) is 63.0 Å². The molecule has 4 rings (SSSR count). The molecule has 0 spiro atoms. The molecule has 1 atom stereocenters. The van der Waals surface area contributed by atoms with Crippen LogP contribution < -0.4 is 5.46 Å². The Bertz CT molecular complexity index is 636. The quantitative estimate of drug-likeness (QED) is 0.784. The van der Waals surface area contributed by atoms with Crippen LogP contribution in [0.2, 0.25) is 0 Å². The van der Waals surface area contributed by atoms with Gasteiger partial charge in [-0.1, -0.05) is 18.2 Å². The van der Waals surface area contributed by atoms with Crippen molar-refractivity contribution in [2.24, 2.45) is 0 Å². The lowest BCUT2D eigenvalue weighted by atomic mass is 9.76. The van der Waals surface area contributed by atoms with E-state index in [4.69, 9.17) is 9.31 Å². The van der Waals surface area contributed by atoms with Crippen molar-refractivity contribution in [1.29, 1.82) is 0 Å². The Morgan fingerprint density at radius 3 is 1.96 bits per heavy atom. The van der Waals surface area contributed by atoms with E-state index in [1.54, 1.807) is 0 Å². The van der Waals surface area contributed by atoms with Crippen molar-refractivity contribution in [3.8, 4) is 0 Å². The second-order valence-corrected chi connectivity index (χ2v) is 8.31. The van der Waals surface area contributed by atoms with Crippen LogP contribution in [0.25, 0.3) is 0 Å². The molecule has 0 aromatic heterocycles. The van der Waals surface area contributed by atoms with Gasteiger partial charge < -0.3 is 9.31 Å². The molecule has 1 aromatic carbocycles. The van der Waals surface area contributed by atoms with Crippen molar-refractivity contribution in [1.82, 2.24) is 0 Å². The van der Waals surface area contributed by atoms with E-state index in [1.165, 1.54) is 0 Å². The van der Waals surface area contributed by atoms with Gasteiger partial charge in [-0.3, -0.25) is 0 Å². The Balaban J connectivity index is 1.69. The van der Waals surface area contributed by atoms with Crippen molar-refractivity contribution in [3.63, 3.8) is 0 Å². The fraction of sp³-hybridized carbons (Fsp3) is 0.667. The largest absolute Gasteiger partial charge is 0.494 e. The fourth-order valence-electron chi connectivity index (χ4n) is 3.25. The number of hydrogen-bond acceptors (Lipinski definition) is 2. The van der Waals surface area contributed by atoms with Crippen LogP contribution >= 0.6 is 0 Å². The minimum atomic E-state index is -2.55. The summed E-state index contributed by atoms with van der Waals surface area (Å²) in [6.07, 6.45) is 2.25. The molecule has 2 aliphatic carbocycles. The zero-order valence-electron chi connectivity index (χ0n) is 14.2. The van der Waals surface area contributed by atoms with Crippen LogP contribution in [-0.4, -0.2) is 24.2 Å². The van der Waals surface area contributed by atoms with Crippen LogP contribution in [0, 0.1) is 0 Å². The minimum Gasteiger partial charge on any atom is -0.399 e. The van der Waals surface area contributed by atoms with E-state index < -0.39 is 30.2 Å². The summed E-state index contributed by atoms with van der Waals surface area (Å²) in [4.78, 5) is 0. The molecule has 1 aromatic rings. The predicted octanol–water partition coefficient (Wildman–Crippen LogP) is 3.99. The SMILES string of the molecule is CC1(C)OB(c2cc(C3CC3)cc(C3CC3(F)F)c2)OC1(C)C. The summed E-state index contributed by atoms with van der Waals surface area (Å²) in [5.41, 5.74) is 1.94. The molecular weight excluding hydrogens is 297 g/mol.